The number of anilines is 1. The van der Waals surface area contributed by atoms with Gasteiger partial charge in [0.2, 0.25) is 5.91 Å². The van der Waals surface area contributed by atoms with Crippen molar-refractivity contribution in [1.29, 1.82) is 0 Å². The minimum absolute atomic E-state index is 0.184. The average molecular weight is 453 g/mol. The quantitative estimate of drug-likeness (QED) is 0.574. The van der Waals surface area contributed by atoms with E-state index in [-0.39, 0.29) is 42.1 Å². The van der Waals surface area contributed by atoms with E-state index in [1.165, 1.54) is 16.6 Å². The molecule has 1 unspecified atom stereocenters. The minimum Gasteiger partial charge on any atom is -0.331 e. The predicted octanol–water partition coefficient (Wildman–Crippen LogP) is 0.939. The Bertz CT molecular complexity index is 1290. The van der Waals surface area contributed by atoms with Crippen LogP contribution in [0.4, 0.5) is 10.2 Å². The van der Waals surface area contributed by atoms with E-state index in [1.807, 2.05) is 6.92 Å². The Hall–Kier alpha value is -3.60. The lowest BCUT2D eigenvalue weighted by atomic mass is 10.2. The zero-order valence-corrected chi connectivity index (χ0v) is 18.2. The summed E-state index contributed by atoms with van der Waals surface area (Å²) in [4.78, 5) is 44.9. The van der Waals surface area contributed by atoms with Gasteiger partial charge in [-0.05, 0) is 37.9 Å². The highest BCUT2D eigenvalue weighted by atomic mass is 19.1. The molecule has 172 valence electrons. The molecular formula is C22H24FN7O3. The van der Waals surface area contributed by atoms with Gasteiger partial charge in [-0.3, -0.25) is 14.4 Å². The second-order valence-corrected chi connectivity index (χ2v) is 8.37. The van der Waals surface area contributed by atoms with E-state index in [0.717, 1.165) is 25.6 Å². The molecule has 0 aromatic carbocycles. The Kier molecular flexibility index (Phi) is 5.41. The van der Waals surface area contributed by atoms with Gasteiger partial charge in [0.25, 0.3) is 11.5 Å². The van der Waals surface area contributed by atoms with Crippen molar-refractivity contribution >= 4 is 23.3 Å². The third kappa shape index (κ3) is 3.88. The van der Waals surface area contributed by atoms with Crippen LogP contribution in [0.3, 0.4) is 0 Å². The van der Waals surface area contributed by atoms with Crippen molar-refractivity contribution in [2.75, 3.05) is 18.4 Å². The van der Waals surface area contributed by atoms with Crippen LogP contribution in [0.1, 0.15) is 41.5 Å². The van der Waals surface area contributed by atoms with Crippen molar-refractivity contribution in [2.45, 2.75) is 45.3 Å². The van der Waals surface area contributed by atoms with Crippen LogP contribution in [0.2, 0.25) is 0 Å². The highest BCUT2D eigenvalue weighted by Gasteiger charge is 2.36. The summed E-state index contributed by atoms with van der Waals surface area (Å²) in [6.45, 7) is 3.29. The van der Waals surface area contributed by atoms with Gasteiger partial charge in [0.05, 0.1) is 24.0 Å². The monoisotopic (exact) mass is 453 g/mol. The first-order chi connectivity index (χ1) is 15.9. The maximum absolute atomic E-state index is 13.4. The number of carbonyl (C=O) groups is 2. The van der Waals surface area contributed by atoms with E-state index >= 15 is 0 Å². The molecular weight excluding hydrogens is 429 g/mol. The van der Waals surface area contributed by atoms with E-state index in [4.69, 9.17) is 0 Å². The third-order valence-corrected chi connectivity index (χ3v) is 6.12. The van der Waals surface area contributed by atoms with E-state index in [2.05, 4.69) is 20.7 Å². The molecule has 1 saturated heterocycles. The second-order valence-electron chi connectivity index (χ2n) is 8.37. The van der Waals surface area contributed by atoms with Crippen LogP contribution in [0.5, 0.6) is 0 Å². The van der Waals surface area contributed by atoms with Crippen molar-refractivity contribution in [1.82, 2.24) is 29.4 Å². The third-order valence-electron chi connectivity index (χ3n) is 6.12. The number of aryl methyl sites for hydroxylation is 1. The molecule has 10 nitrogen and oxygen atoms in total. The number of nitrogens with zero attached hydrogens (tertiary/aromatic N) is 5. The van der Waals surface area contributed by atoms with Crippen LogP contribution in [-0.4, -0.2) is 55.0 Å². The number of aromatic nitrogens is 4. The van der Waals surface area contributed by atoms with E-state index in [0.29, 0.717) is 29.9 Å². The van der Waals surface area contributed by atoms with Crippen LogP contribution >= 0.6 is 0 Å². The number of nitrogens with one attached hydrogen (secondary N) is 2. The molecule has 2 aliphatic heterocycles. The minimum atomic E-state index is -0.512. The number of fused-ring (bicyclic) bond motifs is 2. The lowest BCUT2D eigenvalue weighted by molar-refractivity contribution is -0.116. The number of halogens is 1. The molecule has 1 fully saturated rings. The first-order valence-electron chi connectivity index (χ1n) is 11.0. The van der Waals surface area contributed by atoms with Gasteiger partial charge in [0.15, 0.2) is 0 Å². The fourth-order valence-corrected chi connectivity index (χ4v) is 4.50. The molecule has 0 bridgehead atoms. The van der Waals surface area contributed by atoms with Crippen molar-refractivity contribution in [2.24, 2.45) is 0 Å². The zero-order valence-electron chi connectivity index (χ0n) is 18.2. The summed E-state index contributed by atoms with van der Waals surface area (Å²) in [7, 11) is 0. The molecule has 5 rings (SSSR count). The highest BCUT2D eigenvalue weighted by Crippen LogP contribution is 2.24. The molecule has 2 aliphatic rings. The Morgan fingerprint density at radius 3 is 2.88 bits per heavy atom. The normalized spacial score (nSPS) is 17.7. The molecule has 5 heterocycles. The number of amides is 2. The Morgan fingerprint density at radius 1 is 1.33 bits per heavy atom. The van der Waals surface area contributed by atoms with Gasteiger partial charge in [0.1, 0.15) is 29.5 Å². The van der Waals surface area contributed by atoms with Gasteiger partial charge in [-0.25, -0.2) is 9.37 Å². The fourth-order valence-electron chi connectivity index (χ4n) is 4.50. The standard InChI is InChI=1S/C22H24FN7O3/c1-2-14-8-19-29(12-18(31)26-17-6-5-13(23)9-25-17)20-16(21(32)30(19)27-14)11-28(22(20)33)10-15-4-3-7-24-15/h5-6,8-9,15,24H,2-4,7,10-12H2,1H3,(H,25,26,31). The van der Waals surface area contributed by atoms with Gasteiger partial charge >= 0.3 is 0 Å². The van der Waals surface area contributed by atoms with Crippen LogP contribution in [0.25, 0.3) is 5.65 Å². The molecule has 2 amide bonds. The Morgan fingerprint density at radius 2 is 2.18 bits per heavy atom. The molecule has 0 radical (unpaired) electrons. The van der Waals surface area contributed by atoms with E-state index < -0.39 is 11.7 Å². The van der Waals surface area contributed by atoms with E-state index in [1.54, 1.807) is 15.5 Å². The summed E-state index contributed by atoms with van der Waals surface area (Å²) < 4.78 is 15.9. The maximum atomic E-state index is 13.4. The van der Waals surface area contributed by atoms with Crippen LogP contribution in [-0.2, 0) is 24.3 Å². The molecule has 3 aromatic heterocycles. The number of hydrogen-bond acceptors (Lipinski definition) is 6. The maximum Gasteiger partial charge on any atom is 0.280 e. The second kappa shape index (κ2) is 8.39. The molecule has 0 saturated carbocycles. The highest BCUT2D eigenvalue weighted by molar-refractivity contribution is 5.98. The van der Waals surface area contributed by atoms with Crippen molar-refractivity contribution in [3.05, 3.63) is 57.5 Å². The van der Waals surface area contributed by atoms with Crippen LogP contribution in [0.15, 0.2) is 29.2 Å². The molecule has 0 spiro atoms. The molecule has 2 N–H and O–H groups in total. The summed E-state index contributed by atoms with van der Waals surface area (Å²) >= 11 is 0. The van der Waals surface area contributed by atoms with Crippen LogP contribution < -0.4 is 16.2 Å². The average Bonchev–Trinajstić information content (AvgIpc) is 3.53. The molecule has 1 atom stereocenters. The van der Waals surface area contributed by atoms with Crippen molar-refractivity contribution in [3.63, 3.8) is 0 Å². The van der Waals surface area contributed by atoms with Gasteiger partial charge in [-0.2, -0.15) is 9.61 Å². The summed E-state index contributed by atoms with van der Waals surface area (Å²) in [5, 5.41) is 10.4. The smallest absolute Gasteiger partial charge is 0.280 e. The lowest BCUT2D eigenvalue weighted by Crippen LogP contribution is -2.38. The van der Waals surface area contributed by atoms with Gasteiger partial charge in [0, 0.05) is 18.7 Å². The van der Waals surface area contributed by atoms with E-state index in [9.17, 15) is 18.8 Å². The topological polar surface area (TPSA) is 114 Å². The number of pyridine rings is 1. The summed E-state index contributed by atoms with van der Waals surface area (Å²) in [5.74, 6) is -1.05. The largest absolute Gasteiger partial charge is 0.331 e. The first kappa shape index (κ1) is 21.3. The molecule has 33 heavy (non-hydrogen) atoms. The summed E-state index contributed by atoms with van der Waals surface area (Å²) in [5.41, 5.74) is 1.28. The van der Waals surface area contributed by atoms with Crippen molar-refractivity contribution in [3.8, 4) is 0 Å². The Balaban J connectivity index is 1.52. The molecule has 0 aliphatic carbocycles. The fraction of sp³-hybridized carbons (Fsp3) is 0.409. The SMILES string of the molecule is CCc1cc2n(CC(=O)Nc3ccc(F)cn3)c3c(c(=O)n2n1)CN(CC1CCCN1)C3=O. The van der Waals surface area contributed by atoms with Crippen LogP contribution in [0, 0.1) is 5.82 Å². The molecule has 3 aromatic rings. The predicted molar refractivity (Wildman–Crippen MR) is 117 cm³/mol. The van der Waals surface area contributed by atoms with Crippen molar-refractivity contribution < 1.29 is 14.0 Å². The summed E-state index contributed by atoms with van der Waals surface area (Å²) in [6.07, 6.45) is 3.64. The number of rotatable bonds is 6. The van der Waals surface area contributed by atoms with Gasteiger partial charge in [-0.1, -0.05) is 6.92 Å². The zero-order chi connectivity index (χ0) is 23.1. The summed E-state index contributed by atoms with van der Waals surface area (Å²) in [6, 6.07) is 4.46. The Labute approximate surface area is 188 Å². The van der Waals surface area contributed by atoms with Gasteiger partial charge in [-0.15, -0.1) is 0 Å². The number of hydrogen-bond donors (Lipinski definition) is 2. The number of carbonyl (C=O) groups excluding carboxylic acids is 2. The first-order valence-corrected chi connectivity index (χ1v) is 11.0. The lowest BCUT2D eigenvalue weighted by Gasteiger charge is -2.20. The molecule has 11 heteroatoms. The van der Waals surface area contributed by atoms with Gasteiger partial charge < -0.3 is 20.1 Å².